The summed E-state index contributed by atoms with van der Waals surface area (Å²) >= 11 is 0. The van der Waals surface area contributed by atoms with Gasteiger partial charge in [0.15, 0.2) is 5.76 Å². The molecule has 0 saturated heterocycles. The van der Waals surface area contributed by atoms with E-state index in [0.29, 0.717) is 16.9 Å². The van der Waals surface area contributed by atoms with Crippen LogP contribution in [-0.2, 0) is 0 Å². The number of hydrogen-bond acceptors (Lipinski definition) is 7. The van der Waals surface area contributed by atoms with Crippen LogP contribution in [0.2, 0.25) is 0 Å². The summed E-state index contributed by atoms with van der Waals surface area (Å²) in [6.45, 7) is 0. The molecule has 9 heteroatoms. The maximum absolute atomic E-state index is 12.2. The van der Waals surface area contributed by atoms with Crippen LogP contribution in [-0.4, -0.2) is 31.3 Å². The number of amides is 1. The van der Waals surface area contributed by atoms with Gasteiger partial charge in [-0.05, 0) is 12.1 Å². The zero-order valence-corrected chi connectivity index (χ0v) is 14.5. The molecule has 3 rings (SSSR count). The number of rotatable bonds is 6. The number of nitrogens with zero attached hydrogens (tertiary/aromatic N) is 2. The van der Waals surface area contributed by atoms with Crippen LogP contribution in [0.4, 0.5) is 5.69 Å². The Hall–Kier alpha value is -3.88. The molecule has 0 saturated carbocycles. The molecule has 0 unspecified atom stereocenters. The van der Waals surface area contributed by atoms with Crippen molar-refractivity contribution in [2.75, 3.05) is 14.2 Å². The predicted molar refractivity (Wildman–Crippen MR) is 97.5 cm³/mol. The van der Waals surface area contributed by atoms with Gasteiger partial charge in [0, 0.05) is 23.1 Å². The number of nitro benzene ring substituents is 1. The first-order valence-electron chi connectivity index (χ1n) is 7.76. The average Bonchev–Trinajstić information content (AvgIpc) is 3.11. The molecule has 1 heterocycles. The molecule has 0 spiro atoms. The first kappa shape index (κ1) is 17.9. The molecule has 1 N–H and O–H groups in total. The van der Waals surface area contributed by atoms with Crippen LogP contribution in [0.15, 0.2) is 52.0 Å². The number of benzene rings is 2. The molecule has 1 aromatic heterocycles. The van der Waals surface area contributed by atoms with E-state index in [9.17, 15) is 14.9 Å². The summed E-state index contributed by atoms with van der Waals surface area (Å²) in [6.07, 6.45) is 1.24. The molecular formula is C18H15N3O6. The fourth-order valence-corrected chi connectivity index (χ4v) is 2.46. The molecule has 0 aliphatic carbocycles. The number of nitrogens with one attached hydrogen (secondary N) is 1. The van der Waals surface area contributed by atoms with Crippen molar-refractivity contribution in [2.24, 2.45) is 5.10 Å². The smallest absolute Gasteiger partial charge is 0.311 e. The zero-order valence-electron chi connectivity index (χ0n) is 14.5. The van der Waals surface area contributed by atoms with E-state index in [2.05, 4.69) is 10.5 Å². The molecule has 2 aromatic carbocycles. The minimum Gasteiger partial charge on any atom is -0.496 e. The summed E-state index contributed by atoms with van der Waals surface area (Å²) in [6, 6.07) is 11.4. The second-order valence-corrected chi connectivity index (χ2v) is 5.37. The first-order chi connectivity index (χ1) is 13.0. The molecule has 138 valence electrons. The zero-order chi connectivity index (χ0) is 19.4. The van der Waals surface area contributed by atoms with E-state index >= 15 is 0 Å². The van der Waals surface area contributed by atoms with Gasteiger partial charge in [0.2, 0.25) is 5.75 Å². The van der Waals surface area contributed by atoms with Crippen molar-refractivity contribution in [2.45, 2.75) is 0 Å². The number of nitro groups is 1. The monoisotopic (exact) mass is 369 g/mol. The third-order valence-electron chi connectivity index (χ3n) is 3.75. The Labute approximate surface area is 153 Å². The summed E-state index contributed by atoms with van der Waals surface area (Å²) < 4.78 is 15.6. The molecule has 0 fully saturated rings. The molecule has 27 heavy (non-hydrogen) atoms. The SMILES string of the molecule is COc1cc(OC)c([N+](=O)[O-])cc1/C=N/NC(=O)c1cc2ccccc2o1. The number of para-hydroxylation sites is 1. The van der Waals surface area contributed by atoms with E-state index in [1.54, 1.807) is 18.2 Å². The third-order valence-corrected chi connectivity index (χ3v) is 3.75. The lowest BCUT2D eigenvalue weighted by molar-refractivity contribution is -0.385. The van der Waals surface area contributed by atoms with E-state index in [1.807, 2.05) is 12.1 Å². The van der Waals surface area contributed by atoms with Crippen LogP contribution in [0.5, 0.6) is 11.5 Å². The van der Waals surface area contributed by atoms with Gasteiger partial charge in [0.25, 0.3) is 0 Å². The Morgan fingerprint density at radius 3 is 2.59 bits per heavy atom. The summed E-state index contributed by atoms with van der Waals surface area (Å²) in [5, 5.41) is 15.8. The number of ether oxygens (including phenoxy) is 2. The largest absolute Gasteiger partial charge is 0.496 e. The van der Waals surface area contributed by atoms with Crippen LogP contribution in [0.25, 0.3) is 11.0 Å². The van der Waals surface area contributed by atoms with Gasteiger partial charge in [-0.15, -0.1) is 0 Å². The number of hydrazone groups is 1. The van der Waals surface area contributed by atoms with Crippen LogP contribution < -0.4 is 14.9 Å². The number of furan rings is 1. The number of hydrogen-bond donors (Lipinski definition) is 1. The topological polar surface area (TPSA) is 116 Å². The van der Waals surface area contributed by atoms with E-state index in [4.69, 9.17) is 13.9 Å². The number of fused-ring (bicyclic) bond motifs is 1. The van der Waals surface area contributed by atoms with Gasteiger partial charge in [-0.3, -0.25) is 14.9 Å². The van der Waals surface area contributed by atoms with E-state index in [1.165, 1.54) is 32.6 Å². The lowest BCUT2D eigenvalue weighted by atomic mass is 10.1. The van der Waals surface area contributed by atoms with E-state index in [-0.39, 0.29) is 17.2 Å². The molecule has 0 radical (unpaired) electrons. The molecule has 0 aliphatic heterocycles. The van der Waals surface area contributed by atoms with Crippen LogP contribution >= 0.6 is 0 Å². The van der Waals surface area contributed by atoms with Gasteiger partial charge in [-0.25, -0.2) is 5.43 Å². The van der Waals surface area contributed by atoms with Gasteiger partial charge >= 0.3 is 11.6 Å². The third kappa shape index (κ3) is 3.71. The van der Waals surface area contributed by atoms with Crippen molar-refractivity contribution in [1.82, 2.24) is 5.43 Å². The maximum Gasteiger partial charge on any atom is 0.311 e. The van der Waals surface area contributed by atoms with Gasteiger partial charge in [0.05, 0.1) is 25.4 Å². The molecule has 0 atom stereocenters. The number of methoxy groups -OCH3 is 2. The standard InChI is InChI=1S/C18H15N3O6/c1-25-15-9-16(26-2)13(21(23)24)7-12(15)10-19-20-18(22)17-8-11-5-3-4-6-14(11)27-17/h3-10H,1-2H3,(H,20,22)/b19-10+. The average molecular weight is 369 g/mol. The van der Waals surface area contributed by atoms with Gasteiger partial charge in [-0.2, -0.15) is 5.10 Å². The summed E-state index contributed by atoms with van der Waals surface area (Å²) in [5.74, 6) is -0.0926. The van der Waals surface area contributed by atoms with Crippen molar-refractivity contribution in [1.29, 1.82) is 0 Å². The Balaban J connectivity index is 1.81. The van der Waals surface area contributed by atoms with Crippen molar-refractivity contribution in [3.05, 3.63) is 63.9 Å². The Morgan fingerprint density at radius 1 is 1.19 bits per heavy atom. The van der Waals surface area contributed by atoms with E-state index < -0.39 is 10.8 Å². The Kier molecular flexibility index (Phi) is 5.02. The second kappa shape index (κ2) is 7.56. The fourth-order valence-electron chi connectivity index (χ4n) is 2.46. The lowest BCUT2D eigenvalue weighted by Crippen LogP contribution is -2.16. The molecule has 1 amide bonds. The lowest BCUT2D eigenvalue weighted by Gasteiger charge is -2.08. The van der Waals surface area contributed by atoms with Gasteiger partial charge in [0.1, 0.15) is 11.3 Å². The van der Waals surface area contributed by atoms with Crippen molar-refractivity contribution in [3.8, 4) is 11.5 Å². The molecule has 9 nitrogen and oxygen atoms in total. The number of carbonyl (C=O) groups is 1. The normalized spacial score (nSPS) is 10.9. The van der Waals surface area contributed by atoms with Crippen LogP contribution in [0.1, 0.15) is 16.1 Å². The quantitative estimate of drug-likeness (QED) is 0.405. The maximum atomic E-state index is 12.2. The Bertz CT molecular complexity index is 1010. The minimum absolute atomic E-state index is 0.0558. The minimum atomic E-state index is -0.581. The highest BCUT2D eigenvalue weighted by Gasteiger charge is 2.19. The van der Waals surface area contributed by atoms with Crippen molar-refractivity contribution in [3.63, 3.8) is 0 Å². The second-order valence-electron chi connectivity index (χ2n) is 5.37. The Morgan fingerprint density at radius 2 is 1.93 bits per heavy atom. The predicted octanol–water partition coefficient (Wildman–Crippen LogP) is 3.12. The summed E-state index contributed by atoms with van der Waals surface area (Å²) in [5.41, 5.74) is 2.95. The first-order valence-corrected chi connectivity index (χ1v) is 7.76. The molecule has 0 aliphatic rings. The molecular weight excluding hydrogens is 354 g/mol. The van der Waals surface area contributed by atoms with Crippen molar-refractivity contribution < 1.29 is 23.6 Å². The highest BCUT2D eigenvalue weighted by molar-refractivity contribution is 5.96. The molecule has 3 aromatic rings. The van der Waals surface area contributed by atoms with Gasteiger partial charge < -0.3 is 13.9 Å². The summed E-state index contributed by atoms with van der Waals surface area (Å²) in [7, 11) is 2.73. The van der Waals surface area contributed by atoms with E-state index in [0.717, 1.165) is 5.39 Å². The summed E-state index contributed by atoms with van der Waals surface area (Å²) in [4.78, 5) is 22.7. The highest BCUT2D eigenvalue weighted by Crippen LogP contribution is 2.33. The van der Waals surface area contributed by atoms with Crippen molar-refractivity contribution >= 4 is 28.8 Å². The fraction of sp³-hybridized carbons (Fsp3) is 0.111. The highest BCUT2D eigenvalue weighted by atomic mass is 16.6. The van der Waals surface area contributed by atoms with Gasteiger partial charge in [-0.1, -0.05) is 18.2 Å². The molecule has 0 bridgehead atoms. The van der Waals surface area contributed by atoms with Crippen LogP contribution in [0, 0.1) is 10.1 Å². The van der Waals surface area contributed by atoms with Crippen LogP contribution in [0.3, 0.4) is 0 Å². The number of carbonyl (C=O) groups excluding carboxylic acids is 1.